The molecule has 1 amide bonds. The molecule has 0 aliphatic heterocycles. The Morgan fingerprint density at radius 1 is 1.44 bits per heavy atom. The molecule has 1 fully saturated rings. The second-order valence-corrected chi connectivity index (χ2v) is 8.95. The maximum absolute atomic E-state index is 12.4. The van der Waals surface area contributed by atoms with Gasteiger partial charge in [-0.25, -0.2) is 4.98 Å². The van der Waals surface area contributed by atoms with Gasteiger partial charge in [0.15, 0.2) is 0 Å². The number of carbonyl (C=O) groups excluding carboxylic acids is 1. The summed E-state index contributed by atoms with van der Waals surface area (Å²) < 4.78 is 33.4. The number of hydrogen-bond donors (Lipinski definition) is 2. The molecule has 2 N–H and O–H groups in total. The lowest BCUT2D eigenvalue weighted by atomic mass is 9.83. The number of ether oxygens (including phenoxy) is 1. The molecule has 0 unspecified atom stereocenters. The molecule has 1 heterocycles. The molecule has 1 aromatic rings. The van der Waals surface area contributed by atoms with Crippen LogP contribution in [0.25, 0.3) is 0 Å². The lowest BCUT2D eigenvalue weighted by molar-refractivity contribution is -0.127. The van der Waals surface area contributed by atoms with Gasteiger partial charge in [0.2, 0.25) is 5.91 Å². The Balaban J connectivity index is 1.90. The van der Waals surface area contributed by atoms with Crippen LogP contribution in [0, 0.1) is 5.92 Å². The summed E-state index contributed by atoms with van der Waals surface area (Å²) in [6.07, 6.45) is 2.21. The van der Waals surface area contributed by atoms with Gasteiger partial charge in [-0.3, -0.25) is 4.79 Å². The van der Waals surface area contributed by atoms with Gasteiger partial charge >= 0.3 is 0 Å². The topological polar surface area (TPSA) is 101 Å². The van der Waals surface area contributed by atoms with Crippen molar-refractivity contribution in [1.29, 1.82) is 0 Å². The normalized spacial score (nSPS) is 24.4. The number of amides is 1. The fourth-order valence-electron chi connectivity index (χ4n) is 2.90. The van der Waals surface area contributed by atoms with E-state index in [1.54, 1.807) is 12.6 Å². The van der Waals surface area contributed by atoms with E-state index in [-0.39, 0.29) is 17.9 Å². The van der Waals surface area contributed by atoms with Crippen LogP contribution in [0.15, 0.2) is 10.9 Å². The summed E-state index contributed by atoms with van der Waals surface area (Å²) in [5, 5.41) is 4.89. The van der Waals surface area contributed by atoms with Gasteiger partial charge in [-0.1, -0.05) is 0 Å². The minimum atomic E-state index is -3.57. The SMILES string of the molecule is CO[C@@H]1CC[C@H](C(=O)NCCc2cscn2)C[C@H]1NS(=O)(=O)N(C)C. The van der Waals surface area contributed by atoms with E-state index < -0.39 is 16.3 Å². The Labute approximate surface area is 153 Å². The molecule has 8 nitrogen and oxygen atoms in total. The molecule has 1 aromatic heterocycles. The second kappa shape index (κ2) is 9.04. The molecule has 1 saturated carbocycles. The van der Waals surface area contributed by atoms with Crippen molar-refractivity contribution in [2.75, 3.05) is 27.7 Å². The van der Waals surface area contributed by atoms with Gasteiger partial charge in [0.05, 0.1) is 17.3 Å². The Morgan fingerprint density at radius 2 is 2.20 bits per heavy atom. The first-order valence-electron chi connectivity index (χ1n) is 8.21. The van der Waals surface area contributed by atoms with Crippen molar-refractivity contribution < 1.29 is 17.9 Å². The van der Waals surface area contributed by atoms with Crippen LogP contribution in [0.2, 0.25) is 0 Å². The summed E-state index contributed by atoms with van der Waals surface area (Å²) in [5.41, 5.74) is 2.73. The van der Waals surface area contributed by atoms with Crippen LogP contribution >= 0.6 is 11.3 Å². The first-order chi connectivity index (χ1) is 11.8. The van der Waals surface area contributed by atoms with Gasteiger partial charge in [-0.05, 0) is 19.3 Å². The quantitative estimate of drug-likeness (QED) is 0.668. The summed E-state index contributed by atoms with van der Waals surface area (Å²) in [5.74, 6) is -0.268. The highest BCUT2D eigenvalue weighted by atomic mass is 32.2. The van der Waals surface area contributed by atoms with Crippen LogP contribution in [0.5, 0.6) is 0 Å². The lowest BCUT2D eigenvalue weighted by Crippen LogP contribution is -2.52. The van der Waals surface area contributed by atoms with Crippen LogP contribution in [0.4, 0.5) is 0 Å². The van der Waals surface area contributed by atoms with E-state index in [4.69, 9.17) is 4.74 Å². The monoisotopic (exact) mass is 390 g/mol. The highest BCUT2D eigenvalue weighted by Gasteiger charge is 2.36. The average molecular weight is 391 g/mol. The number of carbonyl (C=O) groups is 1. The van der Waals surface area contributed by atoms with Crippen LogP contribution in [0.1, 0.15) is 25.0 Å². The molecule has 0 radical (unpaired) electrons. The average Bonchev–Trinajstić information content (AvgIpc) is 3.07. The van der Waals surface area contributed by atoms with Crippen molar-refractivity contribution in [2.24, 2.45) is 5.92 Å². The number of nitrogens with one attached hydrogen (secondary N) is 2. The van der Waals surface area contributed by atoms with Gasteiger partial charge in [0.1, 0.15) is 0 Å². The second-order valence-electron chi connectivity index (χ2n) is 6.32. The van der Waals surface area contributed by atoms with Crippen molar-refractivity contribution in [3.8, 4) is 0 Å². The van der Waals surface area contributed by atoms with Crippen LogP contribution in [0.3, 0.4) is 0 Å². The van der Waals surface area contributed by atoms with Crippen LogP contribution < -0.4 is 10.0 Å². The molecule has 0 bridgehead atoms. The summed E-state index contributed by atoms with van der Waals surface area (Å²) in [6, 6.07) is -0.416. The number of methoxy groups -OCH3 is 1. The van der Waals surface area contributed by atoms with E-state index in [1.165, 1.54) is 25.4 Å². The van der Waals surface area contributed by atoms with Crippen molar-refractivity contribution in [3.05, 3.63) is 16.6 Å². The minimum absolute atomic E-state index is 0.0427. The number of aromatic nitrogens is 1. The zero-order valence-corrected chi connectivity index (χ0v) is 16.4. The highest BCUT2D eigenvalue weighted by Crippen LogP contribution is 2.27. The Bertz CT molecular complexity index is 648. The molecule has 1 aliphatic carbocycles. The molecule has 0 saturated heterocycles. The molecule has 2 rings (SSSR count). The van der Waals surface area contributed by atoms with Crippen molar-refractivity contribution in [3.63, 3.8) is 0 Å². The fourth-order valence-corrected chi connectivity index (χ4v) is 4.34. The molecule has 0 aromatic carbocycles. The number of hydrogen-bond acceptors (Lipinski definition) is 6. The Morgan fingerprint density at radius 3 is 2.80 bits per heavy atom. The van der Waals surface area contributed by atoms with E-state index in [0.717, 1.165) is 10.00 Å². The molecular weight excluding hydrogens is 364 g/mol. The van der Waals surface area contributed by atoms with Gasteiger partial charge < -0.3 is 10.1 Å². The van der Waals surface area contributed by atoms with Crippen LogP contribution in [-0.4, -0.2) is 63.5 Å². The van der Waals surface area contributed by atoms with E-state index in [9.17, 15) is 13.2 Å². The van der Waals surface area contributed by atoms with Crippen molar-refractivity contribution in [2.45, 2.75) is 37.8 Å². The van der Waals surface area contributed by atoms with E-state index in [1.807, 2.05) is 5.38 Å². The standard InChI is InChI=1S/C15H26N4O4S2/c1-19(2)25(21,22)18-13-8-11(4-5-14(13)23-3)15(20)16-7-6-12-9-24-10-17-12/h9-11,13-14,18H,4-8H2,1-3H3,(H,16,20)/t11-,13+,14+/m0/s1. The Kier molecular flexibility index (Phi) is 7.32. The van der Waals surface area contributed by atoms with Crippen LogP contribution in [-0.2, 0) is 26.2 Å². The van der Waals surface area contributed by atoms with E-state index in [2.05, 4.69) is 15.0 Å². The van der Waals surface area contributed by atoms with Gasteiger partial charge in [-0.2, -0.15) is 17.4 Å². The summed E-state index contributed by atoms with van der Waals surface area (Å²) >= 11 is 1.53. The first-order valence-corrected chi connectivity index (χ1v) is 10.6. The number of rotatable bonds is 8. The van der Waals surface area contributed by atoms with Crippen molar-refractivity contribution >= 4 is 27.5 Å². The zero-order chi connectivity index (χ0) is 18.4. The third-order valence-corrected chi connectivity index (χ3v) is 6.60. The lowest BCUT2D eigenvalue weighted by Gasteiger charge is -2.35. The molecule has 1 aliphatic rings. The Hall–Kier alpha value is -1.07. The minimum Gasteiger partial charge on any atom is -0.380 e. The van der Waals surface area contributed by atoms with E-state index in [0.29, 0.717) is 32.2 Å². The molecule has 10 heteroatoms. The number of thiazole rings is 1. The zero-order valence-electron chi connectivity index (χ0n) is 14.8. The molecule has 142 valence electrons. The fraction of sp³-hybridized carbons (Fsp3) is 0.733. The van der Waals surface area contributed by atoms with Gasteiger partial charge in [0.25, 0.3) is 10.2 Å². The summed E-state index contributed by atoms with van der Waals surface area (Å²) in [4.78, 5) is 16.6. The third-order valence-electron chi connectivity index (χ3n) is 4.41. The van der Waals surface area contributed by atoms with E-state index >= 15 is 0 Å². The largest absolute Gasteiger partial charge is 0.380 e. The molecular formula is C15H26N4O4S2. The maximum atomic E-state index is 12.4. The number of nitrogens with zero attached hydrogens (tertiary/aromatic N) is 2. The van der Waals surface area contributed by atoms with Gasteiger partial charge in [-0.15, -0.1) is 11.3 Å². The van der Waals surface area contributed by atoms with Gasteiger partial charge in [0, 0.05) is 51.5 Å². The highest BCUT2D eigenvalue weighted by molar-refractivity contribution is 7.87. The summed E-state index contributed by atoms with van der Waals surface area (Å²) in [7, 11) is 0.929. The van der Waals surface area contributed by atoms with Crippen molar-refractivity contribution in [1.82, 2.24) is 19.3 Å². The predicted octanol–water partition coefficient (Wildman–Crippen LogP) is 0.382. The first kappa shape index (κ1) is 20.2. The third kappa shape index (κ3) is 5.71. The maximum Gasteiger partial charge on any atom is 0.279 e. The molecule has 0 spiro atoms. The molecule has 25 heavy (non-hydrogen) atoms. The summed E-state index contributed by atoms with van der Waals surface area (Å²) in [6.45, 7) is 0.529. The smallest absolute Gasteiger partial charge is 0.279 e. The predicted molar refractivity (Wildman–Crippen MR) is 96.5 cm³/mol. The molecule has 3 atom stereocenters.